The third kappa shape index (κ3) is 7.32. The van der Waals surface area contributed by atoms with Crippen LogP contribution in [0.5, 0.6) is 5.75 Å². The molecule has 2 aliphatic rings. The van der Waals surface area contributed by atoms with E-state index in [1.165, 1.54) is 26.3 Å². The Balaban J connectivity index is 0.00000122. The number of hydrogen-bond donors (Lipinski definition) is 0. The maximum absolute atomic E-state index is 4.25. The fourth-order valence-electron chi connectivity index (χ4n) is 3.41. The average Bonchev–Trinajstić information content (AvgIpc) is 3.36. The standard InChI is InChI=1S/C26H30NOS2.C2H6O/c1-5-16-21-23(6-2)29-25(27(21)7-3)19-12-10-9-11-13-20-26-28(8-4)22-17-14-15-18-24(22)30-26;1-3-2/h5-6,9-20,26H,2,7-8H2,1,3-4H3;1-2H3/q+1;/b11-9+,12-10+,16-5-,20-13+,25-19+;. The summed E-state index contributed by atoms with van der Waals surface area (Å²) in [7, 11) is 3.25. The number of rotatable bonds is 8. The van der Waals surface area contributed by atoms with E-state index < -0.39 is 0 Å². The Hall–Kier alpha value is -2.34. The molecule has 1 unspecified atom stereocenters. The second-order valence-electron chi connectivity index (χ2n) is 7.02. The first-order valence-corrected chi connectivity index (χ1v) is 12.9. The number of nitrogens with zero attached hydrogens (tertiary/aromatic N) is 1. The minimum absolute atomic E-state index is 0.282. The van der Waals surface area contributed by atoms with Gasteiger partial charge in [0.15, 0.2) is 6.61 Å². The Morgan fingerprint density at radius 3 is 2.45 bits per heavy atom. The molecule has 0 saturated carbocycles. The number of hydrogen-bond acceptors (Lipinski definition) is 4. The molecule has 0 aliphatic carbocycles. The van der Waals surface area contributed by atoms with Crippen LogP contribution in [-0.2, 0) is 9.10 Å². The minimum Gasteiger partial charge on any atom is -0.559 e. The molecule has 2 aliphatic heterocycles. The van der Waals surface area contributed by atoms with Crippen molar-refractivity contribution in [2.24, 2.45) is 0 Å². The molecule has 0 N–H and O–H groups in total. The largest absolute Gasteiger partial charge is 0.559 e. The van der Waals surface area contributed by atoms with Crippen LogP contribution in [0.25, 0.3) is 0 Å². The lowest BCUT2D eigenvalue weighted by atomic mass is 10.3. The van der Waals surface area contributed by atoms with E-state index in [9.17, 15) is 0 Å². The molecular weight excluding hydrogens is 446 g/mol. The van der Waals surface area contributed by atoms with E-state index in [0.29, 0.717) is 0 Å². The van der Waals surface area contributed by atoms with Gasteiger partial charge in [0.1, 0.15) is 4.90 Å². The van der Waals surface area contributed by atoms with Crippen LogP contribution >= 0.6 is 23.5 Å². The summed E-state index contributed by atoms with van der Waals surface area (Å²) in [5.74, 6) is 1.26. The van der Waals surface area contributed by atoms with Crippen LogP contribution in [0.2, 0.25) is 0 Å². The number of ether oxygens (including phenoxy) is 1. The molecule has 0 aromatic heterocycles. The summed E-state index contributed by atoms with van der Waals surface area (Å²) in [6, 6.07) is 8.55. The first-order chi connectivity index (χ1) is 16.1. The van der Waals surface area contributed by atoms with Crippen molar-refractivity contribution in [2.45, 2.75) is 31.1 Å². The van der Waals surface area contributed by atoms with Crippen molar-refractivity contribution in [1.82, 2.24) is 4.90 Å². The van der Waals surface area contributed by atoms with Crippen molar-refractivity contribution >= 4 is 23.5 Å². The molecule has 1 aromatic rings. The molecule has 0 spiro atoms. The van der Waals surface area contributed by atoms with E-state index in [1.807, 2.05) is 24.8 Å². The fourth-order valence-corrected chi connectivity index (χ4v) is 5.71. The lowest BCUT2D eigenvalue weighted by Crippen LogP contribution is -2.15. The van der Waals surface area contributed by atoms with Crippen molar-refractivity contribution in [2.75, 3.05) is 27.4 Å². The normalized spacial score (nSPS) is 19.5. The fraction of sp³-hybridized carbons (Fsp3) is 0.286. The summed E-state index contributed by atoms with van der Waals surface area (Å²) in [6.07, 6.45) is 21.0. The molecule has 1 atom stereocenters. The molecule has 33 heavy (non-hydrogen) atoms. The number of methoxy groups -OCH3 is 1. The monoisotopic (exact) mass is 482 g/mol. The van der Waals surface area contributed by atoms with Gasteiger partial charge < -0.3 is 14.0 Å². The van der Waals surface area contributed by atoms with Crippen molar-refractivity contribution in [3.8, 4) is 5.75 Å². The number of fused-ring (bicyclic) bond motifs is 1. The smallest absolute Gasteiger partial charge is 0.270 e. The summed E-state index contributed by atoms with van der Waals surface area (Å²) < 4.78 is 7.60. The Kier molecular flexibility index (Phi) is 12.0. The van der Waals surface area contributed by atoms with Crippen LogP contribution in [0.15, 0.2) is 112 Å². The highest BCUT2D eigenvalue weighted by Crippen LogP contribution is 2.49. The summed E-state index contributed by atoms with van der Waals surface area (Å²) >= 11 is 3.65. The molecule has 3 nitrogen and oxygen atoms in total. The predicted molar refractivity (Wildman–Crippen MR) is 148 cm³/mol. The zero-order valence-electron chi connectivity index (χ0n) is 20.4. The summed E-state index contributed by atoms with van der Waals surface area (Å²) in [5.41, 5.74) is 1.51. The van der Waals surface area contributed by atoms with Gasteiger partial charge in [0.25, 0.3) is 11.2 Å². The maximum atomic E-state index is 4.25. The van der Waals surface area contributed by atoms with Crippen molar-refractivity contribution in [1.29, 1.82) is 0 Å². The third-order valence-electron chi connectivity index (χ3n) is 4.77. The topological polar surface area (TPSA) is 15.2 Å². The van der Waals surface area contributed by atoms with Crippen LogP contribution in [0, 0.1) is 0 Å². The van der Waals surface area contributed by atoms with E-state index in [0.717, 1.165) is 13.2 Å². The quantitative estimate of drug-likeness (QED) is 0.274. The second kappa shape index (κ2) is 14.7. The van der Waals surface area contributed by atoms with Crippen LogP contribution in [0.3, 0.4) is 0 Å². The summed E-state index contributed by atoms with van der Waals surface area (Å²) in [4.78, 5) is 4.86. The van der Waals surface area contributed by atoms with Gasteiger partial charge in [-0.1, -0.05) is 73.0 Å². The molecule has 0 saturated heterocycles. The van der Waals surface area contributed by atoms with Crippen LogP contribution in [0.1, 0.15) is 20.8 Å². The highest BCUT2D eigenvalue weighted by Gasteiger charge is 2.33. The van der Waals surface area contributed by atoms with E-state index in [2.05, 4.69) is 113 Å². The van der Waals surface area contributed by atoms with Gasteiger partial charge in [0.05, 0.1) is 10.7 Å². The number of thioether (sulfide) groups is 2. The average molecular weight is 483 g/mol. The van der Waals surface area contributed by atoms with Gasteiger partial charge in [0, 0.05) is 44.7 Å². The van der Waals surface area contributed by atoms with Gasteiger partial charge in [0.2, 0.25) is 0 Å². The number of likely N-dealkylation sites (N-methyl/N-ethyl adjacent to an activating group) is 1. The predicted octanol–water partition coefficient (Wildman–Crippen LogP) is 8.22. The van der Waals surface area contributed by atoms with Gasteiger partial charge >= 0.3 is 0 Å². The van der Waals surface area contributed by atoms with Gasteiger partial charge in [-0.25, -0.2) is 0 Å². The van der Waals surface area contributed by atoms with Crippen LogP contribution < -0.4 is 0 Å². The number of allylic oxidation sites excluding steroid dienone is 9. The zero-order chi connectivity index (χ0) is 24.1. The second-order valence-corrected chi connectivity index (χ2v) is 9.22. The molecule has 5 heteroatoms. The van der Waals surface area contributed by atoms with Crippen molar-refractivity contribution in [3.63, 3.8) is 0 Å². The van der Waals surface area contributed by atoms with Crippen LogP contribution in [-0.4, -0.2) is 37.7 Å². The summed E-state index contributed by atoms with van der Waals surface area (Å²) in [6.45, 7) is 12.2. The first-order valence-electron chi connectivity index (χ1n) is 11.2. The van der Waals surface area contributed by atoms with Gasteiger partial charge in [-0.15, -0.1) is 0 Å². The first kappa shape index (κ1) is 26.9. The number of benzene rings is 1. The molecule has 0 fully saturated rings. The zero-order valence-corrected chi connectivity index (χ0v) is 22.0. The Morgan fingerprint density at radius 2 is 1.79 bits per heavy atom. The Morgan fingerprint density at radius 1 is 1.09 bits per heavy atom. The van der Waals surface area contributed by atoms with Crippen molar-refractivity contribution < 1.29 is 9.10 Å². The van der Waals surface area contributed by atoms with Gasteiger partial charge in [-0.3, -0.25) is 0 Å². The Labute approximate surface area is 208 Å². The van der Waals surface area contributed by atoms with Crippen molar-refractivity contribution in [3.05, 3.63) is 107 Å². The van der Waals surface area contributed by atoms with E-state index in [4.69, 9.17) is 0 Å². The molecule has 3 rings (SSSR count). The Bertz CT molecular complexity index is 956. The molecule has 2 heterocycles. The molecule has 1 aromatic carbocycles. The maximum Gasteiger partial charge on any atom is 0.270 e. The van der Waals surface area contributed by atoms with Gasteiger partial charge in [-0.2, -0.15) is 0 Å². The molecule has 0 bridgehead atoms. The van der Waals surface area contributed by atoms with E-state index in [1.54, 1.807) is 26.0 Å². The number of para-hydroxylation sites is 1. The molecule has 176 valence electrons. The van der Waals surface area contributed by atoms with E-state index in [-0.39, 0.29) is 5.44 Å². The minimum atomic E-state index is 0.282. The van der Waals surface area contributed by atoms with E-state index >= 15 is 0 Å². The lowest BCUT2D eigenvalue weighted by molar-refractivity contribution is -0.0407. The lowest BCUT2D eigenvalue weighted by Gasteiger charge is -2.22. The molecular formula is C28H36NO2S2+. The third-order valence-corrected chi connectivity index (χ3v) is 7.14. The molecule has 0 amide bonds. The highest BCUT2D eigenvalue weighted by molar-refractivity contribution is 8.07. The molecule has 0 radical (unpaired) electrons. The SMILES string of the molecule is C=CC1=C(/C=C\C)N(CC)\C(=C/C=C/C=C/C=C/C2Sc3ccccc3[O+]2CC)S1.COC. The van der Waals surface area contributed by atoms with Crippen LogP contribution in [0.4, 0.5) is 0 Å². The summed E-state index contributed by atoms with van der Waals surface area (Å²) in [5, 5.41) is 1.23. The van der Waals surface area contributed by atoms with Gasteiger partial charge in [-0.05, 0) is 43.8 Å². The highest BCUT2D eigenvalue weighted by atomic mass is 32.2.